The highest BCUT2D eigenvalue weighted by Crippen LogP contribution is 2.34. The van der Waals surface area contributed by atoms with Crippen LogP contribution in [-0.2, 0) is 0 Å². The van der Waals surface area contributed by atoms with Gasteiger partial charge in [0.1, 0.15) is 0 Å². The molecule has 1 atom stereocenters. The standard InChI is InChI=1S/C10H13NO3/c11-4-8(5-12)7-1-2-9-10(3-7)14-6-13-9/h1-3,8,12H,4-6,11H2. The van der Waals surface area contributed by atoms with Crippen molar-refractivity contribution in [1.29, 1.82) is 0 Å². The second-order valence-electron chi connectivity index (χ2n) is 3.23. The van der Waals surface area contributed by atoms with Crippen molar-refractivity contribution in [3.05, 3.63) is 23.8 Å². The highest BCUT2D eigenvalue weighted by molar-refractivity contribution is 5.45. The Balaban J connectivity index is 2.27. The lowest BCUT2D eigenvalue weighted by molar-refractivity contribution is 0.174. The molecule has 76 valence electrons. The monoisotopic (exact) mass is 195 g/mol. The summed E-state index contributed by atoms with van der Waals surface area (Å²) in [6, 6.07) is 5.62. The molecule has 1 aliphatic heterocycles. The fourth-order valence-corrected chi connectivity index (χ4v) is 1.48. The summed E-state index contributed by atoms with van der Waals surface area (Å²) in [5.41, 5.74) is 6.51. The van der Waals surface area contributed by atoms with E-state index in [-0.39, 0.29) is 19.3 Å². The normalized spacial score (nSPS) is 15.6. The Morgan fingerprint density at radius 2 is 2.14 bits per heavy atom. The minimum atomic E-state index is -0.0236. The first-order chi connectivity index (χ1) is 6.85. The van der Waals surface area contributed by atoms with Crippen molar-refractivity contribution in [3.8, 4) is 11.5 Å². The van der Waals surface area contributed by atoms with Gasteiger partial charge < -0.3 is 20.3 Å². The van der Waals surface area contributed by atoms with Gasteiger partial charge in [0.2, 0.25) is 6.79 Å². The van der Waals surface area contributed by atoms with E-state index in [0.717, 1.165) is 17.1 Å². The number of hydrogen-bond donors (Lipinski definition) is 2. The topological polar surface area (TPSA) is 64.7 Å². The summed E-state index contributed by atoms with van der Waals surface area (Å²) in [4.78, 5) is 0. The van der Waals surface area contributed by atoms with E-state index < -0.39 is 0 Å². The molecular formula is C10H13NO3. The highest BCUT2D eigenvalue weighted by Gasteiger charge is 2.16. The second-order valence-corrected chi connectivity index (χ2v) is 3.23. The summed E-state index contributed by atoms with van der Waals surface area (Å²) in [5.74, 6) is 1.46. The number of hydrogen-bond acceptors (Lipinski definition) is 4. The first-order valence-corrected chi connectivity index (χ1v) is 4.55. The largest absolute Gasteiger partial charge is 0.454 e. The van der Waals surface area contributed by atoms with E-state index in [4.69, 9.17) is 20.3 Å². The van der Waals surface area contributed by atoms with Gasteiger partial charge in [-0.3, -0.25) is 0 Å². The Labute approximate surface area is 82.2 Å². The predicted molar refractivity (Wildman–Crippen MR) is 51.4 cm³/mol. The smallest absolute Gasteiger partial charge is 0.231 e. The maximum Gasteiger partial charge on any atom is 0.231 e. The van der Waals surface area contributed by atoms with Crippen LogP contribution >= 0.6 is 0 Å². The van der Waals surface area contributed by atoms with Gasteiger partial charge in [-0.1, -0.05) is 6.07 Å². The lowest BCUT2D eigenvalue weighted by Crippen LogP contribution is -2.15. The van der Waals surface area contributed by atoms with Crippen LogP contribution in [0.2, 0.25) is 0 Å². The third-order valence-corrected chi connectivity index (χ3v) is 2.37. The molecule has 1 unspecified atom stereocenters. The maximum absolute atomic E-state index is 9.08. The summed E-state index contributed by atoms with van der Waals surface area (Å²) in [5, 5.41) is 9.08. The van der Waals surface area contributed by atoms with E-state index in [1.165, 1.54) is 0 Å². The zero-order valence-corrected chi connectivity index (χ0v) is 7.77. The molecule has 1 aliphatic rings. The zero-order valence-electron chi connectivity index (χ0n) is 7.77. The molecule has 1 aromatic carbocycles. The van der Waals surface area contributed by atoms with E-state index in [0.29, 0.717) is 6.54 Å². The molecular weight excluding hydrogens is 182 g/mol. The molecule has 4 nitrogen and oxygen atoms in total. The summed E-state index contributed by atoms with van der Waals surface area (Å²) in [6.07, 6.45) is 0. The molecule has 0 aliphatic carbocycles. The highest BCUT2D eigenvalue weighted by atomic mass is 16.7. The number of nitrogens with two attached hydrogens (primary N) is 1. The molecule has 0 saturated heterocycles. The van der Waals surface area contributed by atoms with E-state index in [1.807, 2.05) is 18.2 Å². The first kappa shape index (κ1) is 9.30. The van der Waals surface area contributed by atoms with Crippen molar-refractivity contribution < 1.29 is 14.6 Å². The van der Waals surface area contributed by atoms with Gasteiger partial charge in [0, 0.05) is 12.5 Å². The average Bonchev–Trinajstić information content (AvgIpc) is 2.66. The van der Waals surface area contributed by atoms with Crippen LogP contribution in [0.25, 0.3) is 0 Å². The van der Waals surface area contributed by atoms with Crippen LogP contribution in [0, 0.1) is 0 Å². The fourth-order valence-electron chi connectivity index (χ4n) is 1.48. The first-order valence-electron chi connectivity index (χ1n) is 4.55. The Morgan fingerprint density at radius 3 is 2.86 bits per heavy atom. The molecule has 4 heteroatoms. The average molecular weight is 195 g/mol. The van der Waals surface area contributed by atoms with Crippen molar-refractivity contribution in [2.24, 2.45) is 5.73 Å². The molecule has 1 aromatic rings. The fraction of sp³-hybridized carbons (Fsp3) is 0.400. The van der Waals surface area contributed by atoms with Crippen LogP contribution in [0.4, 0.5) is 0 Å². The number of fused-ring (bicyclic) bond motifs is 1. The van der Waals surface area contributed by atoms with Crippen LogP contribution in [0.15, 0.2) is 18.2 Å². The number of aliphatic hydroxyl groups is 1. The molecule has 0 fully saturated rings. The summed E-state index contributed by atoms with van der Waals surface area (Å²) < 4.78 is 10.4. The Hall–Kier alpha value is -1.26. The summed E-state index contributed by atoms with van der Waals surface area (Å²) in [6.45, 7) is 0.748. The van der Waals surface area contributed by atoms with E-state index in [2.05, 4.69) is 0 Å². The molecule has 14 heavy (non-hydrogen) atoms. The lowest BCUT2D eigenvalue weighted by Gasteiger charge is -2.11. The van der Waals surface area contributed by atoms with Crippen LogP contribution in [0.3, 0.4) is 0 Å². The van der Waals surface area contributed by atoms with Gasteiger partial charge in [-0.25, -0.2) is 0 Å². The number of rotatable bonds is 3. The second kappa shape index (κ2) is 3.86. The van der Waals surface area contributed by atoms with Gasteiger partial charge in [-0.15, -0.1) is 0 Å². The van der Waals surface area contributed by atoms with Gasteiger partial charge in [0.05, 0.1) is 6.61 Å². The van der Waals surface area contributed by atoms with Gasteiger partial charge in [0.15, 0.2) is 11.5 Å². The Morgan fingerprint density at radius 1 is 1.36 bits per heavy atom. The van der Waals surface area contributed by atoms with E-state index >= 15 is 0 Å². The third-order valence-electron chi connectivity index (χ3n) is 2.37. The van der Waals surface area contributed by atoms with Crippen molar-refractivity contribution >= 4 is 0 Å². The minimum Gasteiger partial charge on any atom is -0.454 e. The van der Waals surface area contributed by atoms with Gasteiger partial charge in [-0.2, -0.15) is 0 Å². The number of benzene rings is 1. The van der Waals surface area contributed by atoms with Crippen molar-refractivity contribution in [3.63, 3.8) is 0 Å². The van der Waals surface area contributed by atoms with Crippen LogP contribution < -0.4 is 15.2 Å². The van der Waals surface area contributed by atoms with Gasteiger partial charge in [0.25, 0.3) is 0 Å². The molecule has 0 radical (unpaired) electrons. The molecule has 0 saturated carbocycles. The van der Waals surface area contributed by atoms with Gasteiger partial charge >= 0.3 is 0 Å². The van der Waals surface area contributed by atoms with Crippen LogP contribution in [0.1, 0.15) is 11.5 Å². The number of aliphatic hydroxyl groups excluding tert-OH is 1. The molecule has 0 amide bonds. The van der Waals surface area contributed by atoms with E-state index in [1.54, 1.807) is 0 Å². The van der Waals surface area contributed by atoms with Crippen LogP contribution in [-0.4, -0.2) is 25.1 Å². The predicted octanol–water partition coefficient (Wildman–Crippen LogP) is 0.450. The molecule has 2 rings (SSSR count). The molecule has 1 heterocycles. The molecule has 0 aromatic heterocycles. The maximum atomic E-state index is 9.08. The molecule has 3 N–H and O–H groups in total. The summed E-state index contributed by atoms with van der Waals surface area (Å²) >= 11 is 0. The van der Waals surface area contributed by atoms with Crippen molar-refractivity contribution in [2.75, 3.05) is 19.9 Å². The quantitative estimate of drug-likeness (QED) is 0.735. The van der Waals surface area contributed by atoms with Crippen molar-refractivity contribution in [1.82, 2.24) is 0 Å². The SMILES string of the molecule is NCC(CO)c1ccc2c(c1)OCO2. The molecule has 0 spiro atoms. The summed E-state index contributed by atoms with van der Waals surface area (Å²) in [7, 11) is 0. The lowest BCUT2D eigenvalue weighted by atomic mass is 10.00. The number of ether oxygens (including phenoxy) is 2. The zero-order chi connectivity index (χ0) is 9.97. The molecule has 0 bridgehead atoms. The van der Waals surface area contributed by atoms with Gasteiger partial charge in [-0.05, 0) is 17.7 Å². The Bertz CT molecular complexity index is 323. The van der Waals surface area contributed by atoms with Crippen molar-refractivity contribution in [2.45, 2.75) is 5.92 Å². The minimum absolute atomic E-state index is 0.0236. The third kappa shape index (κ3) is 1.54. The van der Waals surface area contributed by atoms with Crippen LogP contribution in [0.5, 0.6) is 11.5 Å². The van der Waals surface area contributed by atoms with E-state index in [9.17, 15) is 0 Å². The Kier molecular flexibility index (Phi) is 2.56.